The van der Waals surface area contributed by atoms with Crippen molar-refractivity contribution in [2.24, 2.45) is 0 Å². The van der Waals surface area contributed by atoms with Gasteiger partial charge in [0.2, 0.25) is 5.88 Å². The number of carbonyl (C=O) groups is 1. The molecule has 1 unspecified atom stereocenters. The lowest BCUT2D eigenvalue weighted by Gasteiger charge is -2.14. The third-order valence-corrected chi connectivity index (χ3v) is 2.93. The highest BCUT2D eigenvalue weighted by molar-refractivity contribution is 5.76. The van der Waals surface area contributed by atoms with E-state index < -0.39 is 23.5 Å². The smallest absolute Gasteiger partial charge is 0.311 e. The highest BCUT2D eigenvalue weighted by Crippen LogP contribution is 2.27. The zero-order valence-corrected chi connectivity index (χ0v) is 10.3. The van der Waals surface area contributed by atoms with E-state index >= 15 is 0 Å². The topological polar surface area (TPSA) is 70.4 Å². The molecule has 1 aromatic carbocycles. The van der Waals surface area contributed by atoms with E-state index in [0.29, 0.717) is 6.07 Å². The van der Waals surface area contributed by atoms with E-state index in [0.717, 1.165) is 12.1 Å². The second kappa shape index (κ2) is 5.64. The van der Waals surface area contributed by atoms with Gasteiger partial charge in [-0.3, -0.25) is 4.79 Å². The number of hydrogen-bond donors (Lipinski definition) is 2. The van der Waals surface area contributed by atoms with Gasteiger partial charge in [0, 0.05) is 23.4 Å². The number of pyridine rings is 1. The summed E-state index contributed by atoms with van der Waals surface area (Å²) >= 11 is 0. The lowest BCUT2D eigenvalue weighted by molar-refractivity contribution is -0.138. The van der Waals surface area contributed by atoms with Crippen molar-refractivity contribution in [2.75, 3.05) is 0 Å². The quantitative estimate of drug-likeness (QED) is 0.902. The molecular formula is C14H11F2NO3. The van der Waals surface area contributed by atoms with Crippen LogP contribution in [0.15, 0.2) is 36.5 Å². The Hall–Kier alpha value is -2.50. The molecule has 0 aliphatic carbocycles. The highest BCUT2D eigenvalue weighted by atomic mass is 19.1. The molecule has 1 aromatic heterocycles. The van der Waals surface area contributed by atoms with Gasteiger partial charge in [-0.2, -0.15) is 0 Å². The Balaban J connectivity index is 2.37. The Labute approximate surface area is 113 Å². The molecule has 0 saturated carbocycles. The molecule has 0 radical (unpaired) electrons. The summed E-state index contributed by atoms with van der Waals surface area (Å²) in [6.45, 7) is 0. The summed E-state index contributed by atoms with van der Waals surface area (Å²) in [7, 11) is 0. The van der Waals surface area contributed by atoms with Crippen LogP contribution in [0, 0.1) is 11.6 Å². The van der Waals surface area contributed by atoms with E-state index in [1.54, 1.807) is 0 Å². The van der Waals surface area contributed by atoms with Crippen LogP contribution < -0.4 is 0 Å². The van der Waals surface area contributed by atoms with Crippen LogP contribution >= 0.6 is 0 Å². The number of aromatic hydroxyl groups is 1. The van der Waals surface area contributed by atoms with Crippen LogP contribution in [-0.2, 0) is 11.2 Å². The lowest BCUT2D eigenvalue weighted by Crippen LogP contribution is -2.16. The first-order valence-electron chi connectivity index (χ1n) is 5.79. The van der Waals surface area contributed by atoms with E-state index in [4.69, 9.17) is 0 Å². The van der Waals surface area contributed by atoms with Crippen molar-refractivity contribution >= 4 is 5.97 Å². The Morgan fingerprint density at radius 2 is 2.05 bits per heavy atom. The standard InChI is InChI=1S/C14H11F2NO3/c15-9-3-4-10(12(16)7-9)11(14(19)20)6-8-2-1-5-17-13(8)18/h1-5,7,11H,6H2,(H,17,18)(H,19,20). The van der Waals surface area contributed by atoms with Crippen LogP contribution in [0.4, 0.5) is 8.78 Å². The molecule has 1 heterocycles. The number of aliphatic carboxylic acids is 1. The molecule has 2 rings (SSSR count). The van der Waals surface area contributed by atoms with E-state index in [1.807, 2.05) is 0 Å². The van der Waals surface area contributed by atoms with Gasteiger partial charge in [-0.15, -0.1) is 0 Å². The second-order valence-electron chi connectivity index (χ2n) is 4.25. The molecular weight excluding hydrogens is 268 g/mol. The van der Waals surface area contributed by atoms with Crippen LogP contribution in [0.5, 0.6) is 5.88 Å². The van der Waals surface area contributed by atoms with Crippen LogP contribution in [0.25, 0.3) is 0 Å². The number of carboxylic acids is 1. The maximum absolute atomic E-state index is 13.7. The number of nitrogens with zero attached hydrogens (tertiary/aromatic N) is 1. The largest absolute Gasteiger partial charge is 0.493 e. The van der Waals surface area contributed by atoms with Gasteiger partial charge in [-0.1, -0.05) is 12.1 Å². The Kier molecular flexibility index (Phi) is 3.93. The number of aromatic nitrogens is 1. The lowest BCUT2D eigenvalue weighted by atomic mass is 9.92. The molecule has 0 saturated heterocycles. The molecule has 2 N–H and O–H groups in total. The first-order chi connectivity index (χ1) is 9.49. The van der Waals surface area contributed by atoms with Gasteiger partial charge in [0.1, 0.15) is 11.6 Å². The minimum atomic E-state index is -1.27. The van der Waals surface area contributed by atoms with Crippen molar-refractivity contribution in [3.8, 4) is 5.88 Å². The molecule has 2 aromatic rings. The van der Waals surface area contributed by atoms with Gasteiger partial charge >= 0.3 is 5.97 Å². The number of halogens is 2. The summed E-state index contributed by atoms with van der Waals surface area (Å²) < 4.78 is 26.5. The number of benzene rings is 1. The third-order valence-electron chi connectivity index (χ3n) is 2.93. The van der Waals surface area contributed by atoms with E-state index in [-0.39, 0.29) is 23.4 Å². The molecule has 1 atom stereocenters. The molecule has 0 amide bonds. The van der Waals surface area contributed by atoms with Crippen LogP contribution in [0.1, 0.15) is 17.0 Å². The van der Waals surface area contributed by atoms with Gasteiger partial charge in [0.05, 0.1) is 5.92 Å². The van der Waals surface area contributed by atoms with Crippen LogP contribution in [-0.4, -0.2) is 21.2 Å². The van der Waals surface area contributed by atoms with Gasteiger partial charge < -0.3 is 10.2 Å². The maximum atomic E-state index is 13.7. The minimum Gasteiger partial charge on any atom is -0.493 e. The van der Waals surface area contributed by atoms with Crippen molar-refractivity contribution in [1.82, 2.24) is 4.98 Å². The van der Waals surface area contributed by atoms with Crippen molar-refractivity contribution in [3.63, 3.8) is 0 Å². The van der Waals surface area contributed by atoms with Crippen LogP contribution in [0.2, 0.25) is 0 Å². The molecule has 4 nitrogen and oxygen atoms in total. The molecule has 0 aliphatic rings. The fourth-order valence-corrected chi connectivity index (χ4v) is 1.92. The fourth-order valence-electron chi connectivity index (χ4n) is 1.92. The van der Waals surface area contributed by atoms with Gasteiger partial charge in [0.25, 0.3) is 0 Å². The summed E-state index contributed by atoms with van der Waals surface area (Å²) in [4.78, 5) is 14.9. The minimum absolute atomic E-state index is 0.137. The first kappa shape index (κ1) is 13.9. The molecule has 0 aliphatic heterocycles. The van der Waals surface area contributed by atoms with Crippen molar-refractivity contribution in [1.29, 1.82) is 0 Å². The zero-order valence-electron chi connectivity index (χ0n) is 10.3. The Morgan fingerprint density at radius 3 is 2.65 bits per heavy atom. The predicted octanol–water partition coefficient (Wildman–Crippen LogP) is 2.48. The van der Waals surface area contributed by atoms with Gasteiger partial charge in [-0.25, -0.2) is 13.8 Å². The summed E-state index contributed by atoms with van der Waals surface area (Å²) in [5.74, 6) is -4.51. The fraction of sp³-hybridized carbons (Fsp3) is 0.143. The Bertz CT molecular complexity index is 646. The van der Waals surface area contributed by atoms with Crippen LogP contribution in [0.3, 0.4) is 0 Å². The SMILES string of the molecule is O=C(O)C(Cc1cccnc1O)c1ccc(F)cc1F. The first-order valence-corrected chi connectivity index (χ1v) is 5.79. The molecule has 0 fully saturated rings. The molecule has 0 spiro atoms. The summed E-state index contributed by atoms with van der Waals surface area (Å²) in [6, 6.07) is 5.76. The number of carboxylic acid groups (broad SMARTS) is 1. The summed E-state index contributed by atoms with van der Waals surface area (Å²) in [5, 5.41) is 18.8. The van der Waals surface area contributed by atoms with E-state index in [9.17, 15) is 23.8 Å². The average molecular weight is 279 g/mol. The van der Waals surface area contributed by atoms with E-state index in [2.05, 4.69) is 4.98 Å². The van der Waals surface area contributed by atoms with E-state index in [1.165, 1.54) is 18.3 Å². The normalized spacial score (nSPS) is 12.1. The molecule has 0 bridgehead atoms. The highest BCUT2D eigenvalue weighted by Gasteiger charge is 2.25. The predicted molar refractivity (Wildman–Crippen MR) is 66.3 cm³/mol. The summed E-state index contributed by atoms with van der Waals surface area (Å²) in [6.07, 6.45) is 1.21. The number of hydrogen-bond acceptors (Lipinski definition) is 3. The summed E-state index contributed by atoms with van der Waals surface area (Å²) in [5.41, 5.74) is 0.144. The van der Waals surface area contributed by atoms with Gasteiger partial charge in [-0.05, 0) is 18.6 Å². The van der Waals surface area contributed by atoms with Crippen molar-refractivity contribution in [3.05, 3.63) is 59.3 Å². The average Bonchev–Trinajstić information content (AvgIpc) is 2.38. The number of rotatable bonds is 4. The molecule has 104 valence electrons. The van der Waals surface area contributed by atoms with Crippen molar-refractivity contribution in [2.45, 2.75) is 12.3 Å². The second-order valence-corrected chi connectivity index (χ2v) is 4.25. The van der Waals surface area contributed by atoms with Gasteiger partial charge in [0.15, 0.2) is 0 Å². The third kappa shape index (κ3) is 2.90. The maximum Gasteiger partial charge on any atom is 0.311 e. The van der Waals surface area contributed by atoms with Crippen molar-refractivity contribution < 1.29 is 23.8 Å². The Morgan fingerprint density at radius 1 is 1.30 bits per heavy atom. The molecule has 20 heavy (non-hydrogen) atoms. The monoisotopic (exact) mass is 279 g/mol. The molecule has 6 heteroatoms. The zero-order chi connectivity index (χ0) is 14.7.